The van der Waals surface area contributed by atoms with Gasteiger partial charge in [-0.05, 0) is 61.7 Å². The molecular formula is C28H25F2N5O3. The van der Waals surface area contributed by atoms with Gasteiger partial charge in [0, 0.05) is 31.1 Å². The van der Waals surface area contributed by atoms with Crippen molar-refractivity contribution >= 4 is 16.6 Å². The average molecular weight is 518 g/mol. The van der Waals surface area contributed by atoms with Gasteiger partial charge in [0.2, 0.25) is 0 Å². The van der Waals surface area contributed by atoms with E-state index >= 15 is 8.78 Å². The van der Waals surface area contributed by atoms with Crippen LogP contribution in [0.5, 0.6) is 5.75 Å². The van der Waals surface area contributed by atoms with Gasteiger partial charge < -0.3 is 14.8 Å². The summed E-state index contributed by atoms with van der Waals surface area (Å²) in [6, 6.07) is 8.63. The molecule has 0 amide bonds. The SMILES string of the molecule is [C-]#[N+]c1cc(-c2ccnc(C)c2)c2nc(C3CCCN3)n(-c3cc(F)c(OCCOC)c(F)c3)c(=O)c2c1. The van der Waals surface area contributed by atoms with E-state index in [-0.39, 0.29) is 36.0 Å². The fraction of sp³-hybridized carbons (Fsp3) is 0.286. The van der Waals surface area contributed by atoms with E-state index in [1.165, 1.54) is 17.7 Å². The number of methoxy groups -OCH3 is 1. The van der Waals surface area contributed by atoms with Crippen molar-refractivity contribution in [2.45, 2.75) is 25.8 Å². The third-order valence-corrected chi connectivity index (χ3v) is 6.47. The zero-order valence-corrected chi connectivity index (χ0v) is 20.9. The lowest BCUT2D eigenvalue weighted by molar-refractivity contribution is 0.141. The highest BCUT2D eigenvalue weighted by Gasteiger charge is 2.26. The lowest BCUT2D eigenvalue weighted by Gasteiger charge is -2.20. The molecule has 0 bridgehead atoms. The summed E-state index contributed by atoms with van der Waals surface area (Å²) in [6.07, 6.45) is 3.22. The number of nitrogens with one attached hydrogen (secondary N) is 1. The molecule has 1 saturated heterocycles. The number of nitrogens with zero attached hydrogens (tertiary/aromatic N) is 4. The first-order valence-electron chi connectivity index (χ1n) is 12.2. The van der Waals surface area contributed by atoms with Gasteiger partial charge in [0.1, 0.15) is 12.4 Å². The maximum Gasteiger partial charge on any atom is 0.264 e. The molecule has 10 heteroatoms. The van der Waals surface area contributed by atoms with E-state index in [1.54, 1.807) is 18.3 Å². The zero-order valence-electron chi connectivity index (χ0n) is 20.9. The van der Waals surface area contributed by atoms with Crippen molar-refractivity contribution in [3.63, 3.8) is 0 Å². The smallest absolute Gasteiger partial charge is 0.264 e. The number of benzene rings is 2. The normalized spacial score (nSPS) is 15.1. The summed E-state index contributed by atoms with van der Waals surface area (Å²) in [4.78, 5) is 26.7. The molecule has 8 nitrogen and oxygen atoms in total. The predicted molar refractivity (Wildman–Crippen MR) is 139 cm³/mol. The van der Waals surface area contributed by atoms with Crippen molar-refractivity contribution < 1.29 is 18.3 Å². The zero-order chi connectivity index (χ0) is 26.8. The van der Waals surface area contributed by atoms with E-state index in [9.17, 15) is 4.79 Å². The predicted octanol–water partition coefficient (Wildman–Crippen LogP) is 5.03. The molecule has 1 atom stereocenters. The van der Waals surface area contributed by atoms with Gasteiger partial charge in [-0.2, -0.15) is 0 Å². The summed E-state index contributed by atoms with van der Waals surface area (Å²) >= 11 is 0. The molecule has 0 aliphatic carbocycles. The first-order chi connectivity index (χ1) is 18.4. The van der Waals surface area contributed by atoms with Crippen molar-refractivity contribution in [3.8, 4) is 22.6 Å². The average Bonchev–Trinajstić information content (AvgIpc) is 3.44. The van der Waals surface area contributed by atoms with Gasteiger partial charge in [-0.3, -0.25) is 14.3 Å². The second kappa shape index (κ2) is 10.7. The van der Waals surface area contributed by atoms with Crippen molar-refractivity contribution in [1.29, 1.82) is 0 Å². The molecule has 0 saturated carbocycles. The van der Waals surface area contributed by atoms with Crippen molar-refractivity contribution in [2.24, 2.45) is 0 Å². The van der Waals surface area contributed by atoms with Crippen LogP contribution in [0, 0.1) is 25.1 Å². The number of fused-ring (bicyclic) bond motifs is 1. The highest BCUT2D eigenvalue weighted by molar-refractivity contribution is 5.96. The summed E-state index contributed by atoms with van der Waals surface area (Å²) in [6.45, 7) is 10.3. The fourth-order valence-electron chi connectivity index (χ4n) is 4.72. The topological polar surface area (TPSA) is 82.6 Å². The molecule has 2 aromatic heterocycles. The number of aryl methyl sites for hydroxylation is 1. The molecule has 1 unspecified atom stereocenters. The molecule has 3 heterocycles. The van der Waals surface area contributed by atoms with Crippen molar-refractivity contribution in [1.82, 2.24) is 19.9 Å². The molecule has 1 aliphatic heterocycles. The molecule has 1 aliphatic rings. The van der Waals surface area contributed by atoms with Crippen LogP contribution < -0.4 is 15.6 Å². The third-order valence-electron chi connectivity index (χ3n) is 6.47. The van der Waals surface area contributed by atoms with Gasteiger partial charge in [-0.15, -0.1) is 0 Å². The Morgan fingerprint density at radius 1 is 1.18 bits per heavy atom. The van der Waals surface area contributed by atoms with Crippen molar-refractivity contribution in [2.75, 3.05) is 26.9 Å². The Labute approximate surface area is 217 Å². The van der Waals surface area contributed by atoms with Crippen LogP contribution in [-0.4, -0.2) is 41.4 Å². The van der Waals surface area contributed by atoms with Crippen LogP contribution in [0.25, 0.3) is 32.6 Å². The third kappa shape index (κ3) is 4.74. The van der Waals surface area contributed by atoms with Gasteiger partial charge in [0.15, 0.2) is 23.1 Å². The van der Waals surface area contributed by atoms with E-state index in [1.807, 2.05) is 13.0 Å². The summed E-state index contributed by atoms with van der Waals surface area (Å²) in [5.74, 6) is -2.10. The Hall–Kier alpha value is -4.20. The number of pyridine rings is 1. The quantitative estimate of drug-likeness (QED) is 0.273. The number of hydrogen-bond donors (Lipinski definition) is 1. The number of rotatable bonds is 7. The molecule has 38 heavy (non-hydrogen) atoms. The van der Waals surface area contributed by atoms with Crippen LogP contribution in [0.1, 0.15) is 30.4 Å². The van der Waals surface area contributed by atoms with Gasteiger partial charge in [0.25, 0.3) is 5.56 Å². The number of ether oxygens (including phenoxy) is 2. The molecular weight excluding hydrogens is 492 g/mol. The minimum atomic E-state index is -0.948. The van der Waals surface area contributed by atoms with E-state index in [0.29, 0.717) is 23.3 Å². The minimum Gasteiger partial charge on any atom is -0.485 e. The van der Waals surface area contributed by atoms with Crippen LogP contribution in [0.2, 0.25) is 0 Å². The first-order valence-corrected chi connectivity index (χ1v) is 12.2. The highest BCUT2D eigenvalue weighted by atomic mass is 19.1. The fourth-order valence-corrected chi connectivity index (χ4v) is 4.72. The second-order valence-corrected chi connectivity index (χ2v) is 9.03. The Bertz CT molecular complexity index is 1600. The van der Waals surface area contributed by atoms with Crippen molar-refractivity contribution in [3.05, 3.63) is 87.5 Å². The molecule has 0 radical (unpaired) electrons. The second-order valence-electron chi connectivity index (χ2n) is 9.03. The molecule has 2 aromatic carbocycles. The lowest BCUT2D eigenvalue weighted by atomic mass is 10.0. The Morgan fingerprint density at radius 3 is 2.63 bits per heavy atom. The van der Waals surface area contributed by atoms with Crippen LogP contribution in [0.15, 0.2) is 47.4 Å². The molecule has 1 N–H and O–H groups in total. The molecule has 4 aromatic rings. The highest BCUT2D eigenvalue weighted by Crippen LogP contribution is 2.34. The van der Waals surface area contributed by atoms with Gasteiger partial charge in [0.05, 0.1) is 35.8 Å². The van der Waals surface area contributed by atoms with E-state index in [2.05, 4.69) is 15.1 Å². The monoisotopic (exact) mass is 517 g/mol. The number of halogens is 2. The van der Waals surface area contributed by atoms with Gasteiger partial charge in [-0.25, -0.2) is 18.6 Å². The molecule has 194 valence electrons. The van der Waals surface area contributed by atoms with E-state index in [0.717, 1.165) is 36.4 Å². The Balaban J connectivity index is 1.78. The lowest BCUT2D eigenvalue weighted by Crippen LogP contribution is -2.29. The van der Waals surface area contributed by atoms with E-state index in [4.69, 9.17) is 21.0 Å². The first kappa shape index (κ1) is 25.4. The van der Waals surface area contributed by atoms with Gasteiger partial charge in [-0.1, -0.05) is 0 Å². The summed E-state index contributed by atoms with van der Waals surface area (Å²) in [7, 11) is 1.46. The van der Waals surface area contributed by atoms with Crippen LogP contribution >= 0.6 is 0 Å². The van der Waals surface area contributed by atoms with Gasteiger partial charge >= 0.3 is 0 Å². The molecule has 0 spiro atoms. The Morgan fingerprint density at radius 2 is 1.97 bits per heavy atom. The standard InChI is InChI=1S/C28H25F2N5O3/c1-16-11-17(6-8-32-16)20-12-18(31-2)13-21-25(20)34-27(24-5-4-7-33-24)35(28(21)36)19-14-22(29)26(23(30)15-19)38-10-9-37-3/h6,8,11-15,24,33H,4-5,7,9-10H2,1,3H3. The maximum atomic E-state index is 15.0. The van der Waals surface area contributed by atoms with Crippen LogP contribution in [-0.2, 0) is 4.74 Å². The molecule has 1 fully saturated rings. The number of aromatic nitrogens is 3. The maximum absolute atomic E-state index is 15.0. The summed E-state index contributed by atoms with van der Waals surface area (Å²) in [5.41, 5.74) is 2.26. The van der Waals surface area contributed by atoms with Crippen LogP contribution in [0.4, 0.5) is 14.5 Å². The largest absolute Gasteiger partial charge is 0.485 e. The number of hydrogen-bond acceptors (Lipinski definition) is 6. The van der Waals surface area contributed by atoms with E-state index < -0.39 is 22.9 Å². The Kier molecular flexibility index (Phi) is 7.13. The summed E-state index contributed by atoms with van der Waals surface area (Å²) in [5, 5.41) is 3.51. The van der Waals surface area contributed by atoms with Crippen LogP contribution in [0.3, 0.4) is 0 Å². The molecule has 5 rings (SSSR count). The summed E-state index contributed by atoms with van der Waals surface area (Å²) < 4.78 is 41.3. The minimum absolute atomic E-state index is 0.0169.